The fourth-order valence-electron chi connectivity index (χ4n) is 3.61. The van der Waals surface area contributed by atoms with Gasteiger partial charge in [0.2, 0.25) is 11.8 Å². The Hall–Kier alpha value is -3.54. The summed E-state index contributed by atoms with van der Waals surface area (Å²) in [5.41, 5.74) is 3.17. The number of aliphatic imine (C=N–C) groups is 1. The molecular weight excluding hydrogens is 388 g/mol. The summed E-state index contributed by atoms with van der Waals surface area (Å²) in [5.74, 6) is 2.08. The minimum atomic E-state index is -0.172. The zero-order valence-electron chi connectivity index (χ0n) is 17.2. The first-order chi connectivity index (χ1) is 15.2. The number of ether oxygens (including phenoxy) is 1. The van der Waals surface area contributed by atoms with Crippen LogP contribution >= 0.6 is 0 Å². The molecule has 0 saturated heterocycles. The maximum atomic E-state index is 12.1. The maximum Gasteiger partial charge on any atom is 0.276 e. The fourth-order valence-corrected chi connectivity index (χ4v) is 3.61. The first kappa shape index (κ1) is 19.4. The number of aromatic nitrogens is 2. The third kappa shape index (κ3) is 4.97. The van der Waals surface area contributed by atoms with E-state index in [1.807, 2.05) is 24.3 Å². The van der Waals surface area contributed by atoms with Crippen molar-refractivity contribution in [2.75, 3.05) is 5.32 Å². The normalized spacial score (nSPS) is 19.7. The van der Waals surface area contributed by atoms with Crippen molar-refractivity contribution in [3.63, 3.8) is 0 Å². The zero-order chi connectivity index (χ0) is 21.0. The summed E-state index contributed by atoms with van der Waals surface area (Å²) in [4.78, 5) is 24.9. The highest BCUT2D eigenvalue weighted by Crippen LogP contribution is 2.28. The summed E-state index contributed by atoms with van der Waals surface area (Å²) in [6.07, 6.45) is 18.5. The number of anilines is 1. The molecule has 1 unspecified atom stereocenters. The molecule has 0 bridgehead atoms. The molecule has 1 N–H and O–H groups in total. The second-order valence-corrected chi connectivity index (χ2v) is 8.05. The van der Waals surface area contributed by atoms with Gasteiger partial charge in [0.1, 0.15) is 5.75 Å². The SMILES string of the molecule is O=C(N=CC1CC1)C1=CCC(Nc2nccc(Oc3ccc4c(c3)CCC=C4)n2)C=C1. The monoisotopic (exact) mass is 412 g/mol. The fraction of sp³-hybridized carbons (Fsp3) is 0.280. The summed E-state index contributed by atoms with van der Waals surface area (Å²) in [7, 11) is 0. The topological polar surface area (TPSA) is 76.5 Å². The Kier molecular flexibility index (Phi) is 5.44. The van der Waals surface area contributed by atoms with Gasteiger partial charge >= 0.3 is 0 Å². The summed E-state index contributed by atoms with van der Waals surface area (Å²) >= 11 is 0. The quantitative estimate of drug-likeness (QED) is 0.683. The molecule has 31 heavy (non-hydrogen) atoms. The molecule has 1 atom stereocenters. The number of rotatable bonds is 6. The minimum Gasteiger partial charge on any atom is -0.439 e. The lowest BCUT2D eigenvalue weighted by molar-refractivity contribution is -0.114. The Morgan fingerprint density at radius 1 is 1.23 bits per heavy atom. The van der Waals surface area contributed by atoms with Gasteiger partial charge in [0.25, 0.3) is 5.91 Å². The van der Waals surface area contributed by atoms with E-state index in [9.17, 15) is 4.79 Å². The second kappa shape index (κ2) is 8.68. The van der Waals surface area contributed by atoms with Gasteiger partial charge < -0.3 is 10.1 Å². The van der Waals surface area contributed by atoms with E-state index in [0.717, 1.165) is 31.4 Å². The predicted molar refractivity (Wildman–Crippen MR) is 121 cm³/mol. The van der Waals surface area contributed by atoms with Gasteiger partial charge in [0, 0.05) is 24.1 Å². The number of benzene rings is 1. The van der Waals surface area contributed by atoms with Crippen molar-refractivity contribution < 1.29 is 9.53 Å². The van der Waals surface area contributed by atoms with Crippen LogP contribution in [-0.4, -0.2) is 28.1 Å². The second-order valence-electron chi connectivity index (χ2n) is 8.05. The number of hydrogen-bond acceptors (Lipinski definition) is 5. The molecule has 6 nitrogen and oxygen atoms in total. The van der Waals surface area contributed by atoms with Crippen molar-refractivity contribution in [2.45, 2.75) is 38.1 Å². The lowest BCUT2D eigenvalue weighted by Crippen LogP contribution is -2.20. The van der Waals surface area contributed by atoms with E-state index in [4.69, 9.17) is 4.74 Å². The Morgan fingerprint density at radius 3 is 3.00 bits per heavy atom. The molecule has 5 rings (SSSR count). The molecule has 1 aromatic heterocycles. The predicted octanol–water partition coefficient (Wildman–Crippen LogP) is 4.90. The van der Waals surface area contributed by atoms with Crippen LogP contribution in [0.2, 0.25) is 0 Å². The average molecular weight is 412 g/mol. The number of hydrogen-bond donors (Lipinski definition) is 1. The molecule has 2 aromatic rings. The Morgan fingerprint density at radius 2 is 2.16 bits per heavy atom. The van der Waals surface area contributed by atoms with Crippen LogP contribution in [0.1, 0.15) is 36.8 Å². The maximum absolute atomic E-state index is 12.1. The van der Waals surface area contributed by atoms with Gasteiger partial charge in [0.15, 0.2) is 0 Å². The van der Waals surface area contributed by atoms with Crippen LogP contribution in [-0.2, 0) is 11.2 Å². The van der Waals surface area contributed by atoms with Gasteiger partial charge in [-0.05, 0) is 61.3 Å². The van der Waals surface area contributed by atoms with Crippen molar-refractivity contribution in [1.82, 2.24) is 9.97 Å². The van der Waals surface area contributed by atoms with Crippen molar-refractivity contribution in [3.8, 4) is 11.6 Å². The number of carbonyl (C=O) groups excluding carboxylic acids is 1. The largest absolute Gasteiger partial charge is 0.439 e. The van der Waals surface area contributed by atoms with Gasteiger partial charge in [-0.3, -0.25) is 4.79 Å². The molecule has 156 valence electrons. The van der Waals surface area contributed by atoms with E-state index in [-0.39, 0.29) is 11.9 Å². The number of aryl methyl sites for hydroxylation is 1. The van der Waals surface area contributed by atoms with Crippen LogP contribution in [0.5, 0.6) is 11.6 Å². The van der Waals surface area contributed by atoms with Crippen molar-refractivity contribution >= 4 is 24.1 Å². The third-order valence-electron chi connectivity index (χ3n) is 5.53. The standard InChI is InChI=1S/C25H24N4O2/c30-24(27-16-17-5-6-17)19-7-10-21(11-8-19)28-25-26-14-13-23(29-25)31-22-12-9-18-3-1-2-4-20(18)15-22/h1,3,7-10,12-17,21H,2,4-6,11H2,(H,26,28,29). The summed E-state index contributed by atoms with van der Waals surface area (Å²) < 4.78 is 5.97. The van der Waals surface area contributed by atoms with Gasteiger partial charge in [-0.25, -0.2) is 9.98 Å². The third-order valence-corrected chi connectivity index (χ3v) is 5.53. The van der Waals surface area contributed by atoms with E-state index >= 15 is 0 Å². The Bertz CT molecular complexity index is 1110. The first-order valence-corrected chi connectivity index (χ1v) is 10.8. The molecule has 1 heterocycles. The van der Waals surface area contributed by atoms with E-state index < -0.39 is 0 Å². The number of nitrogens with one attached hydrogen (secondary N) is 1. The Labute approximate surface area is 181 Å². The lowest BCUT2D eigenvalue weighted by atomic mass is 9.97. The summed E-state index contributed by atoms with van der Waals surface area (Å²) in [5, 5.41) is 3.28. The summed E-state index contributed by atoms with van der Waals surface area (Å²) in [6.45, 7) is 0. The van der Waals surface area contributed by atoms with Crippen LogP contribution in [0.15, 0.2) is 65.3 Å². The molecular formula is C25H24N4O2. The molecule has 0 aliphatic heterocycles. The van der Waals surface area contributed by atoms with Crippen molar-refractivity contribution in [1.29, 1.82) is 0 Å². The molecule has 0 spiro atoms. The number of carbonyl (C=O) groups is 1. The van der Waals surface area contributed by atoms with Gasteiger partial charge in [-0.2, -0.15) is 4.98 Å². The number of nitrogens with zero attached hydrogens (tertiary/aromatic N) is 3. The Balaban J connectivity index is 1.20. The molecule has 3 aliphatic rings. The van der Waals surface area contributed by atoms with Crippen LogP contribution in [0.25, 0.3) is 6.08 Å². The molecule has 1 aromatic carbocycles. The van der Waals surface area contributed by atoms with Crippen LogP contribution < -0.4 is 10.1 Å². The molecule has 0 radical (unpaired) electrons. The van der Waals surface area contributed by atoms with Crippen molar-refractivity contribution in [3.05, 3.63) is 71.5 Å². The minimum absolute atomic E-state index is 0.00902. The van der Waals surface area contributed by atoms with E-state index in [2.05, 4.69) is 44.6 Å². The number of amides is 1. The first-order valence-electron chi connectivity index (χ1n) is 10.8. The molecule has 3 aliphatic carbocycles. The molecule has 1 amide bonds. The molecule has 6 heteroatoms. The zero-order valence-corrected chi connectivity index (χ0v) is 17.2. The van der Waals surface area contributed by atoms with E-state index in [0.29, 0.717) is 29.7 Å². The van der Waals surface area contributed by atoms with Gasteiger partial charge in [-0.1, -0.05) is 36.4 Å². The lowest BCUT2D eigenvalue weighted by Gasteiger charge is -2.17. The van der Waals surface area contributed by atoms with Crippen molar-refractivity contribution in [2.24, 2.45) is 10.9 Å². The van der Waals surface area contributed by atoms with E-state index in [1.165, 1.54) is 11.1 Å². The highest BCUT2D eigenvalue weighted by atomic mass is 16.5. The molecule has 1 fully saturated rings. The van der Waals surface area contributed by atoms with E-state index in [1.54, 1.807) is 18.5 Å². The highest BCUT2D eigenvalue weighted by molar-refractivity contribution is 6.01. The van der Waals surface area contributed by atoms with Crippen LogP contribution in [0.4, 0.5) is 5.95 Å². The van der Waals surface area contributed by atoms with Gasteiger partial charge in [-0.15, -0.1) is 0 Å². The van der Waals surface area contributed by atoms with Crippen LogP contribution in [0.3, 0.4) is 0 Å². The smallest absolute Gasteiger partial charge is 0.276 e. The van der Waals surface area contributed by atoms with Crippen LogP contribution in [0, 0.1) is 5.92 Å². The van der Waals surface area contributed by atoms with Gasteiger partial charge in [0.05, 0.1) is 6.04 Å². The summed E-state index contributed by atoms with van der Waals surface area (Å²) in [6, 6.07) is 7.87. The number of allylic oxidation sites excluding steroid dienone is 1. The molecule has 1 saturated carbocycles. The average Bonchev–Trinajstić information content (AvgIpc) is 3.63. The highest BCUT2D eigenvalue weighted by Gasteiger charge is 2.20. The number of fused-ring (bicyclic) bond motifs is 1.